The van der Waals surface area contributed by atoms with Crippen molar-refractivity contribution in [3.8, 4) is 5.75 Å². The number of rotatable bonds is 7. The minimum absolute atomic E-state index is 0.0213. The van der Waals surface area contributed by atoms with Crippen molar-refractivity contribution in [1.29, 1.82) is 0 Å². The Kier molecular flexibility index (Phi) is 6.39. The zero-order valence-electron chi connectivity index (χ0n) is 17.0. The molecule has 6 nitrogen and oxygen atoms in total. The maximum absolute atomic E-state index is 12.9. The van der Waals surface area contributed by atoms with Crippen LogP contribution in [-0.4, -0.2) is 48.1 Å². The smallest absolute Gasteiger partial charge is 0.295 e. The Balaban J connectivity index is 2.06. The molecule has 1 atom stereocenters. The average molecular weight is 416 g/mol. The van der Waals surface area contributed by atoms with Crippen LogP contribution in [0.2, 0.25) is 0 Å². The molecule has 7 heteroatoms. The Morgan fingerprint density at radius 1 is 1.21 bits per heavy atom. The molecule has 1 N–H and O–H groups in total. The van der Waals surface area contributed by atoms with Crippen molar-refractivity contribution in [3.63, 3.8) is 0 Å². The lowest BCUT2D eigenvalue weighted by Crippen LogP contribution is -2.33. The van der Waals surface area contributed by atoms with Crippen molar-refractivity contribution in [2.24, 2.45) is 0 Å². The van der Waals surface area contributed by atoms with Gasteiger partial charge in [-0.3, -0.25) is 9.59 Å². The van der Waals surface area contributed by atoms with E-state index < -0.39 is 17.7 Å². The minimum Gasteiger partial charge on any atom is -0.507 e. The number of Topliss-reactive ketones (excluding diaryl/α,β-unsaturated/α-hetero) is 1. The van der Waals surface area contributed by atoms with Crippen LogP contribution in [0.25, 0.3) is 5.76 Å². The second-order valence-corrected chi connectivity index (χ2v) is 8.06. The first-order valence-corrected chi connectivity index (χ1v) is 10.3. The number of hydrogen-bond acceptors (Lipinski definition) is 6. The summed E-state index contributed by atoms with van der Waals surface area (Å²) in [6.45, 7) is 6.35. The van der Waals surface area contributed by atoms with E-state index in [1.54, 1.807) is 31.4 Å². The number of thiophene rings is 1. The number of amides is 1. The Labute approximate surface area is 174 Å². The highest BCUT2D eigenvalue weighted by atomic mass is 32.1. The van der Waals surface area contributed by atoms with Gasteiger partial charge >= 0.3 is 0 Å². The van der Waals surface area contributed by atoms with Gasteiger partial charge < -0.3 is 19.5 Å². The molecule has 1 aromatic carbocycles. The summed E-state index contributed by atoms with van der Waals surface area (Å²) >= 11 is 1.46. The van der Waals surface area contributed by atoms with E-state index in [4.69, 9.17) is 9.47 Å². The third-order valence-electron chi connectivity index (χ3n) is 4.84. The lowest BCUT2D eigenvalue weighted by Gasteiger charge is -2.25. The summed E-state index contributed by atoms with van der Waals surface area (Å²) in [4.78, 5) is 28.1. The summed E-state index contributed by atoms with van der Waals surface area (Å²) in [7, 11) is 1.55. The number of ether oxygens (including phenoxy) is 2. The van der Waals surface area contributed by atoms with Crippen LogP contribution in [0.1, 0.15) is 35.9 Å². The minimum atomic E-state index is -0.680. The van der Waals surface area contributed by atoms with E-state index in [1.807, 2.05) is 32.2 Å². The van der Waals surface area contributed by atoms with Gasteiger partial charge in [0, 0.05) is 17.0 Å². The Hall–Kier alpha value is -2.64. The zero-order chi connectivity index (χ0) is 21.1. The van der Waals surface area contributed by atoms with Crippen LogP contribution in [0.15, 0.2) is 41.3 Å². The molecule has 0 aliphatic carbocycles. The van der Waals surface area contributed by atoms with Gasteiger partial charge in [-0.25, -0.2) is 0 Å². The molecule has 0 spiro atoms. The number of nitrogens with zero attached hydrogens (tertiary/aromatic N) is 1. The molecule has 3 rings (SSSR count). The molecule has 1 aliphatic heterocycles. The normalized spacial score (nSPS) is 18.7. The van der Waals surface area contributed by atoms with Gasteiger partial charge in [-0.05, 0) is 62.0 Å². The average Bonchev–Trinajstić information content (AvgIpc) is 3.23. The van der Waals surface area contributed by atoms with Crippen LogP contribution >= 0.6 is 11.3 Å². The largest absolute Gasteiger partial charge is 0.507 e. The summed E-state index contributed by atoms with van der Waals surface area (Å²) < 4.78 is 10.7. The van der Waals surface area contributed by atoms with Crippen LogP contribution < -0.4 is 4.74 Å². The molecule has 0 saturated carbocycles. The number of aliphatic hydroxyl groups is 1. The van der Waals surface area contributed by atoms with Crippen molar-refractivity contribution in [2.45, 2.75) is 32.9 Å². The van der Waals surface area contributed by atoms with Crippen LogP contribution in [0, 0.1) is 6.92 Å². The molecule has 1 unspecified atom stereocenters. The Morgan fingerprint density at radius 3 is 2.45 bits per heavy atom. The second-order valence-electron chi connectivity index (χ2n) is 7.11. The highest BCUT2D eigenvalue weighted by molar-refractivity contribution is 7.10. The number of benzene rings is 1. The molecular weight excluding hydrogens is 390 g/mol. The first-order valence-electron chi connectivity index (χ1n) is 9.43. The fraction of sp³-hybridized carbons (Fsp3) is 0.364. The van der Waals surface area contributed by atoms with Crippen LogP contribution in [0.3, 0.4) is 0 Å². The zero-order valence-corrected chi connectivity index (χ0v) is 17.8. The summed E-state index contributed by atoms with van der Waals surface area (Å²) in [6, 6.07) is 8.05. The van der Waals surface area contributed by atoms with Gasteiger partial charge in [-0.15, -0.1) is 11.3 Å². The van der Waals surface area contributed by atoms with Gasteiger partial charge in [0.2, 0.25) is 0 Å². The van der Waals surface area contributed by atoms with E-state index in [9.17, 15) is 14.7 Å². The van der Waals surface area contributed by atoms with Crippen molar-refractivity contribution in [1.82, 2.24) is 4.90 Å². The summed E-state index contributed by atoms with van der Waals surface area (Å²) in [5.41, 5.74) is 1.54. The molecule has 1 fully saturated rings. The molecule has 0 bridgehead atoms. The number of methoxy groups -OCH3 is 1. The lowest BCUT2D eigenvalue weighted by atomic mass is 9.98. The van der Waals surface area contributed by atoms with Crippen LogP contribution in [0.5, 0.6) is 5.75 Å². The third kappa shape index (κ3) is 4.21. The summed E-state index contributed by atoms with van der Waals surface area (Å²) in [5, 5.41) is 12.9. The van der Waals surface area contributed by atoms with E-state index in [0.717, 1.165) is 10.4 Å². The first-order chi connectivity index (χ1) is 13.8. The van der Waals surface area contributed by atoms with Crippen LogP contribution in [0.4, 0.5) is 0 Å². The molecule has 1 saturated heterocycles. The predicted molar refractivity (Wildman–Crippen MR) is 112 cm³/mol. The number of aryl methyl sites for hydroxylation is 1. The van der Waals surface area contributed by atoms with Gasteiger partial charge in [0.05, 0.1) is 31.4 Å². The van der Waals surface area contributed by atoms with Gasteiger partial charge in [0.15, 0.2) is 0 Å². The molecule has 0 radical (unpaired) electrons. The summed E-state index contributed by atoms with van der Waals surface area (Å²) in [6.07, 6.45) is 0.0213. The molecule has 2 aromatic rings. The lowest BCUT2D eigenvalue weighted by molar-refractivity contribution is -0.140. The van der Waals surface area contributed by atoms with E-state index in [2.05, 4.69) is 0 Å². The highest BCUT2D eigenvalue weighted by Crippen LogP contribution is 2.42. The fourth-order valence-corrected chi connectivity index (χ4v) is 4.39. The molecule has 1 aliphatic rings. The number of ketones is 1. The maximum atomic E-state index is 12.9. The molecule has 2 heterocycles. The SMILES string of the molecule is COc1ccc(/C(O)=C2/C(=O)C(=O)N(CCOC(C)C)C2c2sccc2C)cc1. The predicted octanol–water partition coefficient (Wildman–Crippen LogP) is 3.91. The first kappa shape index (κ1) is 21.1. The van der Waals surface area contributed by atoms with Crippen molar-refractivity contribution in [2.75, 3.05) is 20.3 Å². The number of carbonyl (C=O) groups is 2. The second kappa shape index (κ2) is 8.80. The van der Waals surface area contributed by atoms with E-state index in [-0.39, 0.29) is 24.0 Å². The maximum Gasteiger partial charge on any atom is 0.295 e. The molecule has 1 amide bonds. The van der Waals surface area contributed by atoms with Gasteiger partial charge in [0.1, 0.15) is 11.5 Å². The van der Waals surface area contributed by atoms with E-state index in [0.29, 0.717) is 17.9 Å². The molecule has 154 valence electrons. The van der Waals surface area contributed by atoms with E-state index in [1.165, 1.54) is 16.2 Å². The van der Waals surface area contributed by atoms with E-state index >= 15 is 0 Å². The van der Waals surface area contributed by atoms with Crippen molar-refractivity contribution >= 4 is 28.8 Å². The summed E-state index contributed by atoms with van der Waals surface area (Å²) in [5.74, 6) is -0.847. The highest BCUT2D eigenvalue weighted by Gasteiger charge is 2.46. The Bertz CT molecular complexity index is 929. The van der Waals surface area contributed by atoms with Gasteiger partial charge in [-0.1, -0.05) is 0 Å². The number of hydrogen-bond donors (Lipinski definition) is 1. The number of likely N-dealkylation sites (tertiary alicyclic amines) is 1. The number of carbonyl (C=O) groups excluding carboxylic acids is 2. The third-order valence-corrected chi connectivity index (χ3v) is 5.91. The number of aliphatic hydroxyl groups excluding tert-OH is 1. The topological polar surface area (TPSA) is 76.1 Å². The quantitative estimate of drug-likeness (QED) is 0.422. The molecular formula is C22H25NO5S. The van der Waals surface area contributed by atoms with Crippen molar-refractivity contribution < 1.29 is 24.2 Å². The molecule has 29 heavy (non-hydrogen) atoms. The van der Waals surface area contributed by atoms with Gasteiger partial charge in [0.25, 0.3) is 11.7 Å². The monoisotopic (exact) mass is 415 g/mol. The fourth-order valence-electron chi connectivity index (χ4n) is 3.34. The van der Waals surface area contributed by atoms with Gasteiger partial charge in [-0.2, -0.15) is 0 Å². The molecule has 1 aromatic heterocycles. The Morgan fingerprint density at radius 2 is 1.90 bits per heavy atom. The standard InChI is InChI=1S/C22H25NO5S/c1-13(2)28-11-10-23-18(21-14(3)9-12-29-21)17(20(25)22(23)26)19(24)15-5-7-16(27-4)8-6-15/h5-9,12-13,18,24H,10-11H2,1-4H3/b19-17-. The van der Waals surface area contributed by atoms with Crippen molar-refractivity contribution in [3.05, 3.63) is 57.3 Å². The van der Waals surface area contributed by atoms with Crippen LogP contribution in [-0.2, 0) is 14.3 Å².